The van der Waals surface area contributed by atoms with E-state index in [1.165, 1.54) is 4.88 Å². The fourth-order valence-corrected chi connectivity index (χ4v) is 2.64. The average molecular weight is 268 g/mol. The number of carbonyl (C=O) groups excluding carboxylic acids is 1. The van der Waals surface area contributed by atoms with Gasteiger partial charge in [-0.1, -0.05) is 26.8 Å². The summed E-state index contributed by atoms with van der Waals surface area (Å²) in [6.45, 7) is 7.61. The van der Waals surface area contributed by atoms with Crippen LogP contribution in [0.4, 0.5) is 0 Å². The molecule has 4 heteroatoms. The molecule has 18 heavy (non-hydrogen) atoms. The number of amides is 1. The molecule has 1 unspecified atom stereocenters. The highest BCUT2D eigenvalue weighted by atomic mass is 32.1. The summed E-state index contributed by atoms with van der Waals surface area (Å²) in [5.74, 6) is 0.181. The molecule has 0 bridgehead atoms. The van der Waals surface area contributed by atoms with Crippen LogP contribution in [0.2, 0.25) is 0 Å². The van der Waals surface area contributed by atoms with Gasteiger partial charge < -0.3 is 11.1 Å². The van der Waals surface area contributed by atoms with Crippen LogP contribution in [-0.4, -0.2) is 19.0 Å². The van der Waals surface area contributed by atoms with E-state index in [-0.39, 0.29) is 17.2 Å². The van der Waals surface area contributed by atoms with Gasteiger partial charge in [-0.2, -0.15) is 0 Å². The Morgan fingerprint density at radius 2 is 2.28 bits per heavy atom. The van der Waals surface area contributed by atoms with E-state index < -0.39 is 0 Å². The average Bonchev–Trinajstić information content (AvgIpc) is 2.87. The van der Waals surface area contributed by atoms with E-state index in [1.807, 2.05) is 13.0 Å². The first-order chi connectivity index (χ1) is 8.47. The maximum Gasteiger partial charge on any atom is 0.222 e. The van der Waals surface area contributed by atoms with Crippen molar-refractivity contribution in [2.75, 3.05) is 13.1 Å². The van der Waals surface area contributed by atoms with Crippen molar-refractivity contribution < 1.29 is 4.79 Å². The molecule has 1 rings (SSSR count). The number of thiophene rings is 1. The fraction of sp³-hybridized carbons (Fsp3) is 0.643. The van der Waals surface area contributed by atoms with Gasteiger partial charge in [0.1, 0.15) is 0 Å². The molecule has 0 radical (unpaired) electrons. The Morgan fingerprint density at radius 3 is 2.83 bits per heavy atom. The summed E-state index contributed by atoms with van der Waals surface area (Å²) in [6.07, 6.45) is 1.77. The second-order valence-corrected chi connectivity index (χ2v) is 6.36. The zero-order valence-electron chi connectivity index (χ0n) is 11.5. The van der Waals surface area contributed by atoms with Gasteiger partial charge in [-0.05, 0) is 30.8 Å². The molecule has 3 N–H and O–H groups in total. The standard InChI is InChI=1S/C14H24N2OS/c1-11(6-4-8-15)13(17)16-10-14(2,3)12-7-5-9-18-12/h5,7,9,11H,4,6,8,10,15H2,1-3H3,(H,16,17). The van der Waals surface area contributed by atoms with E-state index in [0.29, 0.717) is 13.1 Å². The molecule has 0 aliphatic heterocycles. The molecule has 102 valence electrons. The second-order valence-electron chi connectivity index (χ2n) is 5.41. The normalized spacial score (nSPS) is 13.3. The van der Waals surface area contributed by atoms with Crippen LogP contribution in [-0.2, 0) is 10.2 Å². The zero-order chi connectivity index (χ0) is 13.6. The van der Waals surface area contributed by atoms with Gasteiger partial charge in [0.15, 0.2) is 0 Å². The van der Waals surface area contributed by atoms with Gasteiger partial charge >= 0.3 is 0 Å². The first-order valence-electron chi connectivity index (χ1n) is 6.49. The van der Waals surface area contributed by atoms with Gasteiger partial charge in [-0.25, -0.2) is 0 Å². The van der Waals surface area contributed by atoms with Crippen LogP contribution in [0.15, 0.2) is 17.5 Å². The van der Waals surface area contributed by atoms with Crippen molar-refractivity contribution in [1.82, 2.24) is 5.32 Å². The second kappa shape index (κ2) is 6.90. The SMILES string of the molecule is CC(CCCN)C(=O)NCC(C)(C)c1cccs1. The smallest absolute Gasteiger partial charge is 0.222 e. The number of nitrogens with one attached hydrogen (secondary N) is 1. The molecule has 0 saturated heterocycles. The summed E-state index contributed by atoms with van der Waals surface area (Å²) in [7, 11) is 0. The lowest BCUT2D eigenvalue weighted by atomic mass is 9.91. The first-order valence-corrected chi connectivity index (χ1v) is 7.37. The lowest BCUT2D eigenvalue weighted by Crippen LogP contribution is -2.38. The van der Waals surface area contributed by atoms with Gasteiger partial charge in [0.2, 0.25) is 5.91 Å². The van der Waals surface area contributed by atoms with Crippen molar-refractivity contribution in [3.05, 3.63) is 22.4 Å². The minimum absolute atomic E-state index is 0.00257. The van der Waals surface area contributed by atoms with Crippen LogP contribution in [0.3, 0.4) is 0 Å². The summed E-state index contributed by atoms with van der Waals surface area (Å²) in [4.78, 5) is 13.2. The van der Waals surface area contributed by atoms with Gasteiger partial charge in [0.05, 0.1) is 0 Å². The minimum Gasteiger partial charge on any atom is -0.355 e. The van der Waals surface area contributed by atoms with Crippen LogP contribution in [0, 0.1) is 5.92 Å². The van der Waals surface area contributed by atoms with Crippen LogP contribution in [0.5, 0.6) is 0 Å². The molecule has 3 nitrogen and oxygen atoms in total. The molecule has 0 aliphatic rings. The van der Waals surface area contributed by atoms with E-state index in [4.69, 9.17) is 5.73 Å². The third-order valence-electron chi connectivity index (χ3n) is 3.18. The third-order valence-corrected chi connectivity index (χ3v) is 4.42. The lowest BCUT2D eigenvalue weighted by molar-refractivity contribution is -0.124. The van der Waals surface area contributed by atoms with E-state index in [0.717, 1.165) is 12.8 Å². The number of nitrogens with two attached hydrogens (primary N) is 1. The monoisotopic (exact) mass is 268 g/mol. The fourth-order valence-electron chi connectivity index (χ4n) is 1.79. The van der Waals surface area contributed by atoms with E-state index in [9.17, 15) is 4.79 Å². The Morgan fingerprint density at radius 1 is 1.56 bits per heavy atom. The Labute approximate surface area is 114 Å². The van der Waals surface area contributed by atoms with Crippen molar-refractivity contribution in [2.24, 2.45) is 11.7 Å². The highest BCUT2D eigenvalue weighted by molar-refractivity contribution is 7.10. The summed E-state index contributed by atoms with van der Waals surface area (Å²) >= 11 is 1.74. The molecule has 0 fully saturated rings. The summed E-state index contributed by atoms with van der Waals surface area (Å²) in [5, 5.41) is 5.12. The van der Waals surface area contributed by atoms with Gasteiger partial charge in [0.25, 0.3) is 0 Å². The van der Waals surface area contributed by atoms with Crippen LogP contribution >= 0.6 is 11.3 Å². The van der Waals surface area contributed by atoms with Crippen molar-refractivity contribution in [3.63, 3.8) is 0 Å². The Kier molecular flexibility index (Phi) is 5.82. The Hall–Kier alpha value is -0.870. The zero-order valence-corrected chi connectivity index (χ0v) is 12.3. The number of carbonyl (C=O) groups is 1. The molecular formula is C14H24N2OS. The third kappa shape index (κ3) is 4.42. The largest absolute Gasteiger partial charge is 0.355 e. The first kappa shape index (κ1) is 15.2. The predicted octanol–water partition coefficient (Wildman–Crippen LogP) is 2.52. The molecular weight excluding hydrogens is 244 g/mol. The van der Waals surface area contributed by atoms with Crippen LogP contribution in [0.1, 0.15) is 38.5 Å². The molecule has 0 aliphatic carbocycles. The van der Waals surface area contributed by atoms with Crippen LogP contribution in [0.25, 0.3) is 0 Å². The van der Waals surface area contributed by atoms with Crippen molar-refractivity contribution in [2.45, 2.75) is 39.0 Å². The highest BCUT2D eigenvalue weighted by Gasteiger charge is 2.23. The van der Waals surface area contributed by atoms with Crippen molar-refractivity contribution in [3.8, 4) is 0 Å². The minimum atomic E-state index is -0.00257. The van der Waals surface area contributed by atoms with E-state index in [2.05, 4.69) is 30.6 Å². The number of hydrogen-bond donors (Lipinski definition) is 2. The maximum absolute atomic E-state index is 11.9. The molecule has 1 aromatic heterocycles. The van der Waals surface area contributed by atoms with Crippen molar-refractivity contribution in [1.29, 1.82) is 0 Å². The quantitative estimate of drug-likeness (QED) is 0.798. The highest BCUT2D eigenvalue weighted by Crippen LogP contribution is 2.26. The van der Waals surface area contributed by atoms with Crippen LogP contribution < -0.4 is 11.1 Å². The maximum atomic E-state index is 11.9. The number of rotatable bonds is 7. The lowest BCUT2D eigenvalue weighted by Gasteiger charge is -2.24. The summed E-state index contributed by atoms with van der Waals surface area (Å²) in [5.41, 5.74) is 5.45. The van der Waals surface area contributed by atoms with E-state index in [1.54, 1.807) is 11.3 Å². The van der Waals surface area contributed by atoms with E-state index >= 15 is 0 Å². The molecule has 0 spiro atoms. The molecule has 1 aromatic rings. The topological polar surface area (TPSA) is 55.1 Å². The van der Waals surface area contributed by atoms with Gasteiger partial charge in [-0.3, -0.25) is 4.79 Å². The van der Waals surface area contributed by atoms with Gasteiger partial charge in [0, 0.05) is 22.8 Å². The van der Waals surface area contributed by atoms with Gasteiger partial charge in [-0.15, -0.1) is 11.3 Å². The summed E-state index contributed by atoms with van der Waals surface area (Å²) < 4.78 is 0. The Bertz CT molecular complexity index is 360. The molecule has 0 saturated carbocycles. The Balaban J connectivity index is 2.42. The number of hydrogen-bond acceptors (Lipinski definition) is 3. The molecule has 1 atom stereocenters. The summed E-state index contributed by atoms with van der Waals surface area (Å²) in [6, 6.07) is 4.17. The molecule has 1 amide bonds. The molecule has 1 heterocycles. The predicted molar refractivity (Wildman–Crippen MR) is 77.8 cm³/mol. The van der Waals surface area contributed by atoms with Crippen molar-refractivity contribution >= 4 is 17.2 Å². The molecule has 0 aromatic carbocycles.